The number of methoxy groups -OCH3 is 1. The van der Waals surface area contributed by atoms with Gasteiger partial charge in [-0.15, -0.1) is 0 Å². The summed E-state index contributed by atoms with van der Waals surface area (Å²) < 4.78 is 5.22. The molecule has 0 unspecified atom stereocenters. The molecule has 1 aliphatic rings. The molecule has 8 nitrogen and oxygen atoms in total. The SMILES string of the molecule is COc1cccc(NC(=O)[C@@H]2CC(=O)N(c3ccc(C)cc3C)C(=S)N2NC(=O)c2ccccc2)c1. The third-order valence-electron chi connectivity index (χ3n) is 5.82. The number of nitrogens with one attached hydrogen (secondary N) is 2. The normalized spacial score (nSPS) is 15.5. The van der Waals surface area contributed by atoms with E-state index < -0.39 is 17.9 Å². The van der Waals surface area contributed by atoms with Crippen molar-refractivity contribution in [2.75, 3.05) is 17.3 Å². The largest absolute Gasteiger partial charge is 0.497 e. The van der Waals surface area contributed by atoms with E-state index in [9.17, 15) is 14.4 Å². The molecule has 0 spiro atoms. The van der Waals surface area contributed by atoms with E-state index in [1.54, 1.807) is 54.6 Å². The summed E-state index contributed by atoms with van der Waals surface area (Å²) in [5.74, 6) is -0.721. The van der Waals surface area contributed by atoms with Crippen LogP contribution in [-0.2, 0) is 9.59 Å². The van der Waals surface area contributed by atoms with Crippen LogP contribution in [-0.4, -0.2) is 41.0 Å². The molecule has 1 atom stereocenters. The number of nitrogens with zero attached hydrogens (tertiary/aromatic N) is 2. The molecule has 1 fully saturated rings. The summed E-state index contributed by atoms with van der Waals surface area (Å²) in [4.78, 5) is 41.1. The molecule has 0 bridgehead atoms. The summed E-state index contributed by atoms with van der Waals surface area (Å²) in [6, 6.07) is 20.0. The van der Waals surface area contributed by atoms with Gasteiger partial charge in [-0.3, -0.25) is 24.7 Å². The molecule has 3 aromatic carbocycles. The summed E-state index contributed by atoms with van der Waals surface area (Å²) in [5, 5.41) is 4.10. The minimum atomic E-state index is -1.06. The van der Waals surface area contributed by atoms with E-state index in [1.807, 2.05) is 32.0 Å². The molecule has 0 aliphatic carbocycles. The van der Waals surface area contributed by atoms with Crippen molar-refractivity contribution in [3.8, 4) is 5.75 Å². The molecular formula is C27H26N4O4S. The van der Waals surface area contributed by atoms with Crippen molar-refractivity contribution < 1.29 is 19.1 Å². The van der Waals surface area contributed by atoms with Crippen LogP contribution in [0.25, 0.3) is 0 Å². The van der Waals surface area contributed by atoms with Crippen molar-refractivity contribution in [1.82, 2.24) is 10.4 Å². The summed E-state index contributed by atoms with van der Waals surface area (Å²) in [5.41, 5.74) is 6.11. The van der Waals surface area contributed by atoms with E-state index in [2.05, 4.69) is 10.7 Å². The minimum absolute atomic E-state index is 0.00766. The lowest BCUT2D eigenvalue weighted by molar-refractivity contribution is -0.127. The Labute approximate surface area is 214 Å². The van der Waals surface area contributed by atoms with Gasteiger partial charge in [-0.1, -0.05) is 42.0 Å². The third kappa shape index (κ3) is 5.21. The van der Waals surface area contributed by atoms with Gasteiger partial charge in [0.2, 0.25) is 16.9 Å². The number of rotatable bonds is 6. The molecule has 1 aliphatic heterocycles. The number of amides is 3. The summed E-state index contributed by atoms with van der Waals surface area (Å²) >= 11 is 5.69. The van der Waals surface area contributed by atoms with Gasteiger partial charge in [0.1, 0.15) is 11.8 Å². The Kier molecular flexibility index (Phi) is 7.30. The average molecular weight is 503 g/mol. The van der Waals surface area contributed by atoms with Gasteiger partial charge in [0.05, 0.1) is 19.2 Å². The van der Waals surface area contributed by atoms with Crippen LogP contribution in [0.3, 0.4) is 0 Å². The van der Waals surface area contributed by atoms with Crippen LogP contribution in [0.5, 0.6) is 5.75 Å². The van der Waals surface area contributed by atoms with Crippen molar-refractivity contribution in [2.45, 2.75) is 26.3 Å². The van der Waals surface area contributed by atoms with Gasteiger partial charge < -0.3 is 10.1 Å². The van der Waals surface area contributed by atoms with Crippen LogP contribution in [0.15, 0.2) is 72.8 Å². The standard InChI is InChI=1S/C27H26N4O4S/c1-17-12-13-22(18(2)14-17)30-24(32)16-23(26(34)28-20-10-7-11-21(15-20)35-3)31(27(30)36)29-25(33)19-8-5-4-6-9-19/h4-15,23H,16H2,1-3H3,(H,28,34)(H,29,33)/t23-/m0/s1. The van der Waals surface area contributed by atoms with Crippen molar-refractivity contribution in [2.24, 2.45) is 0 Å². The number of hydrogen-bond donors (Lipinski definition) is 2. The van der Waals surface area contributed by atoms with Crippen molar-refractivity contribution in [1.29, 1.82) is 0 Å². The number of aryl methyl sites for hydroxylation is 2. The molecular weight excluding hydrogens is 476 g/mol. The zero-order valence-electron chi connectivity index (χ0n) is 20.1. The maximum atomic E-state index is 13.4. The number of carbonyl (C=O) groups is 3. The number of anilines is 2. The summed E-state index contributed by atoms with van der Waals surface area (Å²) in [7, 11) is 1.53. The summed E-state index contributed by atoms with van der Waals surface area (Å²) in [6.07, 6.45) is -0.196. The van der Waals surface area contributed by atoms with Gasteiger partial charge in [0.25, 0.3) is 5.91 Å². The third-order valence-corrected chi connectivity index (χ3v) is 6.20. The minimum Gasteiger partial charge on any atom is -0.497 e. The monoisotopic (exact) mass is 502 g/mol. The van der Waals surface area contributed by atoms with Crippen molar-refractivity contribution >= 4 is 46.4 Å². The van der Waals surface area contributed by atoms with E-state index in [4.69, 9.17) is 17.0 Å². The molecule has 36 heavy (non-hydrogen) atoms. The topological polar surface area (TPSA) is 91.0 Å². The van der Waals surface area contributed by atoms with E-state index in [0.717, 1.165) is 11.1 Å². The number of hydrazine groups is 1. The van der Waals surface area contributed by atoms with Gasteiger partial charge >= 0.3 is 0 Å². The fourth-order valence-electron chi connectivity index (χ4n) is 4.01. The Balaban J connectivity index is 1.67. The smallest absolute Gasteiger partial charge is 0.269 e. The Hall–Kier alpha value is -4.24. The highest BCUT2D eigenvalue weighted by molar-refractivity contribution is 7.80. The molecule has 184 valence electrons. The fraction of sp³-hybridized carbons (Fsp3) is 0.185. The van der Waals surface area contributed by atoms with E-state index in [-0.39, 0.29) is 17.4 Å². The van der Waals surface area contributed by atoms with Gasteiger partial charge in [0, 0.05) is 17.3 Å². The first-order valence-electron chi connectivity index (χ1n) is 11.3. The Morgan fingerprint density at radius 2 is 1.75 bits per heavy atom. The number of ether oxygens (including phenoxy) is 1. The van der Waals surface area contributed by atoms with Crippen LogP contribution < -0.4 is 20.4 Å². The number of thiocarbonyl (C=S) groups is 1. The second-order valence-corrected chi connectivity index (χ2v) is 8.78. The lowest BCUT2D eigenvalue weighted by Gasteiger charge is -2.41. The molecule has 9 heteroatoms. The second-order valence-electron chi connectivity index (χ2n) is 8.42. The molecule has 4 rings (SSSR count). The molecule has 2 N–H and O–H groups in total. The lowest BCUT2D eigenvalue weighted by atomic mass is 10.1. The first-order valence-corrected chi connectivity index (χ1v) is 11.7. The predicted molar refractivity (Wildman–Crippen MR) is 142 cm³/mol. The fourth-order valence-corrected chi connectivity index (χ4v) is 4.39. The van der Waals surface area contributed by atoms with Gasteiger partial charge in [-0.05, 0) is 62.0 Å². The average Bonchev–Trinajstić information content (AvgIpc) is 2.87. The van der Waals surface area contributed by atoms with Gasteiger partial charge in [0.15, 0.2) is 0 Å². The highest BCUT2D eigenvalue weighted by atomic mass is 32.1. The predicted octanol–water partition coefficient (Wildman–Crippen LogP) is 3.99. The van der Waals surface area contributed by atoms with Crippen LogP contribution in [0.2, 0.25) is 0 Å². The lowest BCUT2D eigenvalue weighted by Crippen LogP contribution is -2.65. The molecule has 3 amide bonds. The highest BCUT2D eigenvalue weighted by Gasteiger charge is 2.42. The van der Waals surface area contributed by atoms with Crippen molar-refractivity contribution in [3.05, 3.63) is 89.5 Å². The molecule has 1 heterocycles. The molecule has 3 aromatic rings. The van der Waals surface area contributed by atoms with Crippen LogP contribution in [0, 0.1) is 13.8 Å². The quantitative estimate of drug-likeness (QED) is 0.496. The second kappa shape index (κ2) is 10.6. The zero-order chi connectivity index (χ0) is 25.8. The first-order chi connectivity index (χ1) is 17.3. The van der Waals surface area contributed by atoms with E-state index >= 15 is 0 Å². The van der Waals surface area contributed by atoms with Gasteiger partial charge in [-0.2, -0.15) is 0 Å². The number of hydrogen-bond acceptors (Lipinski definition) is 5. The van der Waals surface area contributed by atoms with Crippen molar-refractivity contribution in [3.63, 3.8) is 0 Å². The van der Waals surface area contributed by atoms with E-state index in [1.165, 1.54) is 17.0 Å². The van der Waals surface area contributed by atoms with E-state index in [0.29, 0.717) is 22.7 Å². The maximum absolute atomic E-state index is 13.4. The Bertz CT molecular complexity index is 1330. The highest BCUT2D eigenvalue weighted by Crippen LogP contribution is 2.28. The summed E-state index contributed by atoms with van der Waals surface area (Å²) in [6.45, 7) is 3.84. The maximum Gasteiger partial charge on any atom is 0.269 e. The number of benzene rings is 3. The van der Waals surface area contributed by atoms with Crippen LogP contribution in [0.1, 0.15) is 27.9 Å². The van der Waals surface area contributed by atoms with Crippen LogP contribution in [0.4, 0.5) is 11.4 Å². The zero-order valence-corrected chi connectivity index (χ0v) is 21.0. The Morgan fingerprint density at radius 1 is 1.00 bits per heavy atom. The number of carbonyl (C=O) groups excluding carboxylic acids is 3. The van der Waals surface area contributed by atoms with Crippen LogP contribution >= 0.6 is 12.2 Å². The van der Waals surface area contributed by atoms with Gasteiger partial charge in [-0.25, -0.2) is 5.01 Å². The molecule has 1 saturated heterocycles. The molecule has 0 aromatic heterocycles. The Morgan fingerprint density at radius 3 is 2.44 bits per heavy atom. The molecule has 0 radical (unpaired) electrons. The molecule has 0 saturated carbocycles. The first kappa shape index (κ1) is 24.9.